The van der Waals surface area contributed by atoms with Gasteiger partial charge in [0.15, 0.2) is 0 Å². The van der Waals surface area contributed by atoms with Crippen LogP contribution < -0.4 is 0 Å². The predicted octanol–water partition coefficient (Wildman–Crippen LogP) is 3.32. The Kier molecular flexibility index (Phi) is 2.89. The summed E-state index contributed by atoms with van der Waals surface area (Å²) in [6.45, 7) is 7.26. The zero-order valence-electron chi connectivity index (χ0n) is 7.76. The molecule has 0 fully saturated rings. The van der Waals surface area contributed by atoms with Gasteiger partial charge < -0.3 is 0 Å². The first-order chi connectivity index (χ1) is 5.56. The largest absolute Gasteiger partial charge is 0.289 e. The minimum absolute atomic E-state index is 0.0906. The summed E-state index contributed by atoms with van der Waals surface area (Å²) in [6, 6.07) is 0. The molecule has 1 nitrogen and oxygen atoms in total. The van der Waals surface area contributed by atoms with Crippen LogP contribution in [-0.4, -0.2) is 12.3 Å². The minimum atomic E-state index is 0.0906. The molecule has 0 amide bonds. The van der Waals surface area contributed by atoms with Gasteiger partial charge in [-0.1, -0.05) is 41.9 Å². The molecule has 0 saturated heterocycles. The van der Waals surface area contributed by atoms with Crippen molar-refractivity contribution < 1.29 is 0 Å². The maximum Gasteiger partial charge on any atom is 0.0453 e. The molecule has 0 heterocycles. The van der Waals surface area contributed by atoms with Gasteiger partial charge in [0.1, 0.15) is 0 Å². The van der Waals surface area contributed by atoms with Gasteiger partial charge in [0.25, 0.3) is 0 Å². The van der Waals surface area contributed by atoms with Crippen molar-refractivity contribution in [1.82, 2.24) is 0 Å². The van der Waals surface area contributed by atoms with Crippen molar-refractivity contribution in [2.75, 3.05) is 6.54 Å². The van der Waals surface area contributed by atoms with Crippen molar-refractivity contribution in [2.45, 2.75) is 20.8 Å². The summed E-state index contributed by atoms with van der Waals surface area (Å²) in [6.07, 6.45) is 6.34. The van der Waals surface area contributed by atoms with Gasteiger partial charge in [-0.05, 0) is 13.0 Å². The molecule has 2 heteroatoms. The number of hydrogen-bond acceptors (Lipinski definition) is 1. The third-order valence-electron chi connectivity index (χ3n) is 1.92. The third kappa shape index (κ3) is 2.07. The monoisotopic (exact) mass is 227 g/mol. The van der Waals surface area contributed by atoms with Gasteiger partial charge in [-0.15, -0.1) is 0 Å². The SMILES string of the molecule is CCN=C1C=C(Br)C=CC1(C)C. The summed E-state index contributed by atoms with van der Waals surface area (Å²) in [4.78, 5) is 4.45. The highest BCUT2D eigenvalue weighted by molar-refractivity contribution is 9.11. The molecular weight excluding hydrogens is 214 g/mol. The van der Waals surface area contributed by atoms with E-state index in [-0.39, 0.29) is 5.41 Å². The van der Waals surface area contributed by atoms with Crippen LogP contribution in [0.5, 0.6) is 0 Å². The van der Waals surface area contributed by atoms with Gasteiger partial charge in [-0.2, -0.15) is 0 Å². The molecule has 0 aromatic rings. The quantitative estimate of drug-likeness (QED) is 0.652. The Balaban J connectivity index is 2.98. The summed E-state index contributed by atoms with van der Waals surface area (Å²) in [5.74, 6) is 0. The van der Waals surface area contributed by atoms with E-state index < -0.39 is 0 Å². The number of nitrogens with zero attached hydrogens (tertiary/aromatic N) is 1. The van der Waals surface area contributed by atoms with Gasteiger partial charge >= 0.3 is 0 Å². The molecule has 0 spiro atoms. The second-order valence-electron chi connectivity index (χ2n) is 3.44. The molecule has 0 radical (unpaired) electrons. The Hall–Kier alpha value is -0.370. The standard InChI is InChI=1S/C10H14BrN/c1-4-12-9-7-8(11)5-6-10(9,2)3/h5-7H,4H2,1-3H3. The molecule has 0 aromatic heterocycles. The van der Waals surface area contributed by atoms with E-state index in [4.69, 9.17) is 0 Å². The van der Waals surface area contributed by atoms with Crippen LogP contribution in [-0.2, 0) is 0 Å². The normalized spacial score (nSPS) is 24.3. The number of aliphatic imine (C=N–C) groups is 1. The molecule has 0 unspecified atom stereocenters. The first-order valence-corrected chi connectivity index (χ1v) is 4.97. The Labute approximate surface area is 82.4 Å². The van der Waals surface area contributed by atoms with Gasteiger partial charge in [-0.25, -0.2) is 0 Å². The van der Waals surface area contributed by atoms with Crippen LogP contribution in [0, 0.1) is 5.41 Å². The van der Waals surface area contributed by atoms with Crippen molar-refractivity contribution in [3.05, 3.63) is 22.7 Å². The van der Waals surface area contributed by atoms with Crippen LogP contribution in [0.3, 0.4) is 0 Å². The molecule has 66 valence electrons. The molecule has 1 aliphatic rings. The number of rotatable bonds is 1. The summed E-state index contributed by atoms with van der Waals surface area (Å²) in [7, 11) is 0. The lowest BCUT2D eigenvalue weighted by Gasteiger charge is -2.23. The molecule has 0 bridgehead atoms. The van der Waals surface area contributed by atoms with E-state index in [0.717, 1.165) is 16.7 Å². The molecule has 1 rings (SSSR count). The average molecular weight is 228 g/mol. The zero-order chi connectivity index (χ0) is 9.19. The first-order valence-electron chi connectivity index (χ1n) is 4.17. The van der Waals surface area contributed by atoms with E-state index in [1.807, 2.05) is 0 Å². The lowest BCUT2D eigenvalue weighted by molar-refractivity contribution is 0.672. The Morgan fingerprint density at radius 2 is 2.17 bits per heavy atom. The topological polar surface area (TPSA) is 12.4 Å². The van der Waals surface area contributed by atoms with Crippen LogP contribution in [0.1, 0.15) is 20.8 Å². The zero-order valence-corrected chi connectivity index (χ0v) is 9.35. The molecule has 0 saturated carbocycles. The molecule has 0 N–H and O–H groups in total. The fourth-order valence-electron chi connectivity index (χ4n) is 1.16. The molecule has 1 aliphatic carbocycles. The maximum absolute atomic E-state index is 4.45. The van der Waals surface area contributed by atoms with E-state index in [1.54, 1.807) is 0 Å². The van der Waals surface area contributed by atoms with Gasteiger partial charge in [0, 0.05) is 22.2 Å². The summed E-state index contributed by atoms with van der Waals surface area (Å²) in [5.41, 5.74) is 1.24. The summed E-state index contributed by atoms with van der Waals surface area (Å²) < 4.78 is 1.11. The third-order valence-corrected chi connectivity index (χ3v) is 2.42. The van der Waals surface area contributed by atoms with Crippen LogP contribution in [0.2, 0.25) is 0 Å². The Morgan fingerprint density at radius 3 is 2.75 bits per heavy atom. The second-order valence-corrected chi connectivity index (χ2v) is 4.36. The molecular formula is C10H14BrN. The lowest BCUT2D eigenvalue weighted by atomic mass is 9.84. The van der Waals surface area contributed by atoms with E-state index in [0.29, 0.717) is 0 Å². The molecule has 12 heavy (non-hydrogen) atoms. The fourth-order valence-corrected chi connectivity index (χ4v) is 1.51. The van der Waals surface area contributed by atoms with Gasteiger partial charge in [0.05, 0.1) is 0 Å². The maximum atomic E-state index is 4.45. The van der Waals surface area contributed by atoms with Crippen molar-refractivity contribution in [3.8, 4) is 0 Å². The van der Waals surface area contributed by atoms with Crippen molar-refractivity contribution in [3.63, 3.8) is 0 Å². The smallest absolute Gasteiger partial charge is 0.0453 e. The number of allylic oxidation sites excluding steroid dienone is 4. The van der Waals surface area contributed by atoms with Crippen molar-refractivity contribution in [2.24, 2.45) is 10.4 Å². The van der Waals surface area contributed by atoms with E-state index in [2.05, 4.69) is 59.9 Å². The van der Waals surface area contributed by atoms with Crippen LogP contribution in [0.25, 0.3) is 0 Å². The van der Waals surface area contributed by atoms with Gasteiger partial charge in [-0.3, -0.25) is 4.99 Å². The number of halogens is 1. The lowest BCUT2D eigenvalue weighted by Crippen LogP contribution is -2.22. The fraction of sp³-hybridized carbons (Fsp3) is 0.500. The molecule has 0 aliphatic heterocycles. The van der Waals surface area contributed by atoms with E-state index >= 15 is 0 Å². The van der Waals surface area contributed by atoms with Crippen molar-refractivity contribution in [1.29, 1.82) is 0 Å². The van der Waals surface area contributed by atoms with Crippen LogP contribution >= 0.6 is 15.9 Å². The highest BCUT2D eigenvalue weighted by Crippen LogP contribution is 2.28. The summed E-state index contributed by atoms with van der Waals surface area (Å²) in [5, 5.41) is 0. The van der Waals surface area contributed by atoms with E-state index in [9.17, 15) is 0 Å². The average Bonchev–Trinajstić information content (AvgIpc) is 1.98. The highest BCUT2D eigenvalue weighted by atomic mass is 79.9. The minimum Gasteiger partial charge on any atom is -0.289 e. The van der Waals surface area contributed by atoms with Crippen molar-refractivity contribution >= 4 is 21.6 Å². The van der Waals surface area contributed by atoms with E-state index in [1.165, 1.54) is 0 Å². The first kappa shape index (κ1) is 9.72. The Bertz CT molecular complexity index is 259. The van der Waals surface area contributed by atoms with Gasteiger partial charge in [0.2, 0.25) is 0 Å². The molecule has 0 atom stereocenters. The summed E-state index contributed by atoms with van der Waals surface area (Å²) >= 11 is 3.44. The highest BCUT2D eigenvalue weighted by Gasteiger charge is 2.22. The molecule has 0 aromatic carbocycles. The van der Waals surface area contributed by atoms with Crippen LogP contribution in [0.15, 0.2) is 27.7 Å². The van der Waals surface area contributed by atoms with Crippen LogP contribution in [0.4, 0.5) is 0 Å². The number of hydrogen-bond donors (Lipinski definition) is 0. The predicted molar refractivity (Wildman–Crippen MR) is 57.9 cm³/mol. The Morgan fingerprint density at radius 1 is 1.50 bits per heavy atom. The second kappa shape index (κ2) is 3.56.